The van der Waals surface area contributed by atoms with Crippen molar-refractivity contribution in [3.8, 4) is 0 Å². The van der Waals surface area contributed by atoms with Crippen molar-refractivity contribution in [2.24, 2.45) is 0 Å². The molecule has 2 aromatic rings. The highest BCUT2D eigenvalue weighted by molar-refractivity contribution is 7.08. The fourth-order valence-electron chi connectivity index (χ4n) is 2.49. The van der Waals surface area contributed by atoms with E-state index in [4.69, 9.17) is 11.6 Å². The molecule has 1 aliphatic heterocycles. The summed E-state index contributed by atoms with van der Waals surface area (Å²) in [5, 5.41) is 4.59. The first-order chi connectivity index (χ1) is 9.25. The number of aromatic nitrogens is 1. The molecule has 0 N–H and O–H groups in total. The van der Waals surface area contributed by atoms with E-state index in [1.54, 1.807) is 29.7 Å². The Morgan fingerprint density at radius 2 is 2.32 bits per heavy atom. The number of halogens is 1. The van der Waals surface area contributed by atoms with Crippen LogP contribution in [0.1, 0.15) is 34.8 Å². The number of amides is 1. The van der Waals surface area contributed by atoms with Crippen LogP contribution in [-0.4, -0.2) is 22.3 Å². The molecule has 1 atom stereocenters. The third-order valence-electron chi connectivity index (χ3n) is 3.42. The Labute approximate surface area is 120 Å². The number of pyridine rings is 1. The quantitative estimate of drug-likeness (QED) is 0.789. The van der Waals surface area contributed by atoms with Gasteiger partial charge < -0.3 is 4.90 Å². The molecule has 98 valence electrons. The normalized spacial score (nSPS) is 18.8. The molecule has 1 fully saturated rings. The van der Waals surface area contributed by atoms with Crippen LogP contribution in [0.4, 0.5) is 0 Å². The van der Waals surface area contributed by atoms with E-state index in [1.165, 1.54) is 5.56 Å². The number of hydrogen-bond acceptors (Lipinski definition) is 3. The van der Waals surface area contributed by atoms with E-state index < -0.39 is 0 Å². The van der Waals surface area contributed by atoms with Gasteiger partial charge in [-0.1, -0.05) is 11.6 Å². The van der Waals surface area contributed by atoms with Gasteiger partial charge in [0.1, 0.15) is 5.15 Å². The van der Waals surface area contributed by atoms with Crippen molar-refractivity contribution in [3.05, 3.63) is 51.4 Å². The zero-order valence-electron chi connectivity index (χ0n) is 10.3. The smallest absolute Gasteiger partial charge is 0.255 e. The number of thiophene rings is 1. The minimum atomic E-state index is 0.0397. The van der Waals surface area contributed by atoms with Crippen LogP contribution in [0.2, 0.25) is 5.15 Å². The monoisotopic (exact) mass is 292 g/mol. The SMILES string of the molecule is O=C(c1ccc(Cl)nc1)N1CCCC1c1ccsc1. The molecular formula is C14H13ClN2OS. The zero-order valence-corrected chi connectivity index (χ0v) is 11.8. The van der Waals surface area contributed by atoms with Gasteiger partial charge in [-0.25, -0.2) is 4.98 Å². The molecular weight excluding hydrogens is 280 g/mol. The zero-order chi connectivity index (χ0) is 13.2. The number of carbonyl (C=O) groups excluding carboxylic acids is 1. The van der Waals surface area contributed by atoms with Crippen LogP contribution in [-0.2, 0) is 0 Å². The van der Waals surface area contributed by atoms with Crippen molar-refractivity contribution in [1.29, 1.82) is 0 Å². The Kier molecular flexibility index (Phi) is 3.53. The third-order valence-corrected chi connectivity index (χ3v) is 4.34. The lowest BCUT2D eigenvalue weighted by Crippen LogP contribution is -2.30. The molecule has 3 heterocycles. The van der Waals surface area contributed by atoms with Crippen molar-refractivity contribution in [1.82, 2.24) is 9.88 Å². The molecule has 0 radical (unpaired) electrons. The lowest BCUT2D eigenvalue weighted by molar-refractivity contribution is 0.0735. The summed E-state index contributed by atoms with van der Waals surface area (Å²) in [6.45, 7) is 0.808. The van der Waals surface area contributed by atoms with Gasteiger partial charge in [-0.15, -0.1) is 0 Å². The first-order valence-corrected chi connectivity index (χ1v) is 7.52. The number of rotatable bonds is 2. The standard InChI is InChI=1S/C14H13ClN2OS/c15-13-4-3-10(8-16-13)14(18)17-6-1-2-12(17)11-5-7-19-9-11/h3-5,7-9,12H,1-2,6H2. The van der Waals surface area contributed by atoms with E-state index in [2.05, 4.69) is 21.8 Å². The summed E-state index contributed by atoms with van der Waals surface area (Å²) < 4.78 is 0. The van der Waals surface area contributed by atoms with Gasteiger partial charge in [0.05, 0.1) is 11.6 Å². The molecule has 5 heteroatoms. The van der Waals surface area contributed by atoms with Crippen LogP contribution < -0.4 is 0 Å². The van der Waals surface area contributed by atoms with Gasteiger partial charge in [0.25, 0.3) is 5.91 Å². The number of likely N-dealkylation sites (tertiary alicyclic amines) is 1. The van der Waals surface area contributed by atoms with Gasteiger partial charge in [-0.2, -0.15) is 11.3 Å². The highest BCUT2D eigenvalue weighted by atomic mass is 35.5. The largest absolute Gasteiger partial charge is 0.332 e. The molecule has 0 aliphatic carbocycles. The lowest BCUT2D eigenvalue weighted by Gasteiger charge is -2.24. The Morgan fingerprint density at radius 1 is 1.42 bits per heavy atom. The average Bonchev–Trinajstić information content (AvgIpc) is 3.09. The number of nitrogens with zero attached hydrogens (tertiary/aromatic N) is 2. The Hall–Kier alpha value is -1.39. The van der Waals surface area contributed by atoms with Crippen molar-refractivity contribution in [3.63, 3.8) is 0 Å². The fourth-order valence-corrected chi connectivity index (χ4v) is 3.31. The third kappa shape index (κ3) is 2.51. The minimum absolute atomic E-state index is 0.0397. The second-order valence-corrected chi connectivity index (χ2v) is 5.75. The molecule has 0 saturated carbocycles. The van der Waals surface area contributed by atoms with Crippen molar-refractivity contribution >= 4 is 28.8 Å². The van der Waals surface area contributed by atoms with E-state index in [0.717, 1.165) is 19.4 Å². The van der Waals surface area contributed by atoms with Crippen LogP contribution in [0.5, 0.6) is 0 Å². The molecule has 1 amide bonds. The van der Waals surface area contributed by atoms with Crippen LogP contribution in [0.3, 0.4) is 0 Å². The van der Waals surface area contributed by atoms with E-state index >= 15 is 0 Å². The maximum Gasteiger partial charge on any atom is 0.255 e. The second kappa shape index (κ2) is 5.31. The molecule has 1 aliphatic rings. The van der Waals surface area contributed by atoms with Crippen LogP contribution in [0.15, 0.2) is 35.2 Å². The van der Waals surface area contributed by atoms with E-state index in [9.17, 15) is 4.79 Å². The first kappa shape index (κ1) is 12.6. The lowest BCUT2D eigenvalue weighted by atomic mass is 10.1. The minimum Gasteiger partial charge on any atom is -0.332 e. The molecule has 2 aromatic heterocycles. The van der Waals surface area contributed by atoms with E-state index in [1.807, 2.05) is 4.90 Å². The summed E-state index contributed by atoms with van der Waals surface area (Å²) in [4.78, 5) is 18.4. The highest BCUT2D eigenvalue weighted by Gasteiger charge is 2.30. The maximum atomic E-state index is 12.5. The predicted octanol–water partition coefficient (Wildman–Crippen LogP) is 3.77. The molecule has 0 bridgehead atoms. The van der Waals surface area contributed by atoms with Gasteiger partial charge in [-0.3, -0.25) is 4.79 Å². The van der Waals surface area contributed by atoms with Crippen molar-refractivity contribution < 1.29 is 4.79 Å². The molecule has 0 spiro atoms. The summed E-state index contributed by atoms with van der Waals surface area (Å²) in [7, 11) is 0. The Bertz CT molecular complexity index is 568. The van der Waals surface area contributed by atoms with Gasteiger partial charge >= 0.3 is 0 Å². The van der Waals surface area contributed by atoms with Crippen LogP contribution >= 0.6 is 22.9 Å². The molecule has 0 aromatic carbocycles. The summed E-state index contributed by atoms with van der Waals surface area (Å²) in [6, 6.07) is 5.70. The van der Waals surface area contributed by atoms with Gasteiger partial charge in [0.2, 0.25) is 0 Å². The predicted molar refractivity (Wildman–Crippen MR) is 76.6 cm³/mol. The fraction of sp³-hybridized carbons (Fsp3) is 0.286. The molecule has 3 nitrogen and oxygen atoms in total. The number of carbonyl (C=O) groups is 1. The Morgan fingerprint density at radius 3 is 3.00 bits per heavy atom. The van der Waals surface area contributed by atoms with Crippen molar-refractivity contribution in [2.45, 2.75) is 18.9 Å². The van der Waals surface area contributed by atoms with Gasteiger partial charge in [0, 0.05) is 12.7 Å². The molecule has 1 unspecified atom stereocenters. The summed E-state index contributed by atoms with van der Waals surface area (Å²) >= 11 is 7.42. The maximum absolute atomic E-state index is 12.5. The molecule has 3 rings (SSSR count). The van der Waals surface area contributed by atoms with Crippen LogP contribution in [0, 0.1) is 0 Å². The van der Waals surface area contributed by atoms with Gasteiger partial charge in [-0.05, 0) is 47.4 Å². The van der Waals surface area contributed by atoms with Gasteiger partial charge in [0.15, 0.2) is 0 Å². The van der Waals surface area contributed by atoms with E-state index in [-0.39, 0.29) is 11.9 Å². The highest BCUT2D eigenvalue weighted by Crippen LogP contribution is 2.34. The number of hydrogen-bond donors (Lipinski definition) is 0. The van der Waals surface area contributed by atoms with Crippen LogP contribution in [0.25, 0.3) is 0 Å². The molecule has 19 heavy (non-hydrogen) atoms. The first-order valence-electron chi connectivity index (χ1n) is 6.20. The second-order valence-electron chi connectivity index (χ2n) is 4.58. The summed E-state index contributed by atoms with van der Waals surface area (Å²) in [5.74, 6) is 0.0397. The average molecular weight is 293 g/mol. The topological polar surface area (TPSA) is 33.2 Å². The summed E-state index contributed by atoms with van der Waals surface area (Å²) in [6.07, 6.45) is 3.63. The van der Waals surface area contributed by atoms with E-state index in [0.29, 0.717) is 10.7 Å². The summed E-state index contributed by atoms with van der Waals surface area (Å²) in [5.41, 5.74) is 1.84. The van der Waals surface area contributed by atoms with Crippen molar-refractivity contribution in [2.75, 3.05) is 6.54 Å². The molecule has 1 saturated heterocycles. The Balaban J connectivity index is 1.84.